The van der Waals surface area contributed by atoms with E-state index in [0.717, 1.165) is 31.5 Å². The number of hydrogen-bond acceptors (Lipinski definition) is 6. The fraction of sp³-hybridized carbons (Fsp3) is 0.316. The average Bonchev–Trinajstić information content (AvgIpc) is 3.32. The van der Waals surface area contributed by atoms with Gasteiger partial charge in [0.1, 0.15) is 10.7 Å². The Morgan fingerprint density at radius 2 is 2.15 bits per heavy atom. The summed E-state index contributed by atoms with van der Waals surface area (Å²) in [5.41, 5.74) is 1.55. The number of carboxylic acid groups (broad SMARTS) is 1. The zero-order valence-corrected chi connectivity index (χ0v) is 15.3. The number of rotatable bonds is 5. The van der Waals surface area contributed by atoms with E-state index in [4.69, 9.17) is 4.52 Å². The third kappa shape index (κ3) is 3.91. The molecule has 0 radical (unpaired) electrons. The van der Waals surface area contributed by atoms with Crippen molar-refractivity contribution in [3.05, 3.63) is 57.9 Å². The van der Waals surface area contributed by atoms with Crippen molar-refractivity contribution in [3.63, 3.8) is 0 Å². The normalized spacial score (nSPS) is 17.9. The van der Waals surface area contributed by atoms with Crippen LogP contribution in [0.4, 0.5) is 4.39 Å². The van der Waals surface area contributed by atoms with Crippen LogP contribution >= 0.6 is 11.3 Å². The summed E-state index contributed by atoms with van der Waals surface area (Å²) in [5.74, 6) is -0.0581. The molecule has 1 fully saturated rings. The Balaban J connectivity index is 1.46. The molecule has 1 aromatic carbocycles. The summed E-state index contributed by atoms with van der Waals surface area (Å²) < 4.78 is 18.5. The molecule has 27 heavy (non-hydrogen) atoms. The lowest BCUT2D eigenvalue weighted by atomic mass is 9.97. The molecule has 3 aromatic rings. The van der Waals surface area contributed by atoms with Crippen molar-refractivity contribution in [2.24, 2.45) is 0 Å². The molecule has 3 heterocycles. The van der Waals surface area contributed by atoms with Crippen LogP contribution < -0.4 is 0 Å². The van der Waals surface area contributed by atoms with Crippen molar-refractivity contribution < 1.29 is 18.8 Å². The van der Waals surface area contributed by atoms with E-state index in [1.54, 1.807) is 12.1 Å². The van der Waals surface area contributed by atoms with Crippen LogP contribution in [0, 0.1) is 5.82 Å². The van der Waals surface area contributed by atoms with Crippen LogP contribution in [-0.4, -0.2) is 39.2 Å². The number of hydrogen-bond donors (Lipinski definition) is 1. The lowest BCUT2D eigenvalue weighted by molar-refractivity contribution is 0.0699. The summed E-state index contributed by atoms with van der Waals surface area (Å²) in [4.78, 5) is 18.4. The first-order valence-corrected chi connectivity index (χ1v) is 9.59. The molecule has 1 unspecified atom stereocenters. The van der Waals surface area contributed by atoms with E-state index < -0.39 is 5.97 Å². The van der Waals surface area contributed by atoms with Gasteiger partial charge in [-0.05, 0) is 60.7 Å². The van der Waals surface area contributed by atoms with E-state index in [0.29, 0.717) is 28.7 Å². The van der Waals surface area contributed by atoms with Gasteiger partial charge in [-0.2, -0.15) is 4.98 Å². The van der Waals surface area contributed by atoms with E-state index >= 15 is 0 Å². The van der Waals surface area contributed by atoms with Crippen LogP contribution in [0.5, 0.6) is 0 Å². The molecule has 1 atom stereocenters. The second kappa shape index (κ2) is 7.58. The molecule has 2 aromatic heterocycles. The lowest BCUT2D eigenvalue weighted by Crippen LogP contribution is -2.34. The summed E-state index contributed by atoms with van der Waals surface area (Å²) in [6.07, 6.45) is 1.92. The number of nitrogens with zero attached hydrogens (tertiary/aromatic N) is 3. The zero-order chi connectivity index (χ0) is 18.8. The number of aromatic carboxylic acids is 1. The van der Waals surface area contributed by atoms with Crippen molar-refractivity contribution in [2.45, 2.75) is 25.3 Å². The summed E-state index contributed by atoms with van der Waals surface area (Å²) in [7, 11) is 0. The maximum Gasteiger partial charge on any atom is 0.346 e. The topological polar surface area (TPSA) is 79.5 Å². The molecule has 6 nitrogen and oxygen atoms in total. The number of benzene rings is 1. The molecule has 0 saturated carbocycles. The number of aromatic nitrogens is 2. The standard InChI is InChI=1S/C19H18FN3O3S/c20-15-5-3-12(4-6-15)17-21-18(26-22-17)14-2-1-8-23(11-14)10-13-7-9-27-16(13)19(24)25/h3-7,9,14H,1-2,8,10-11H2,(H,24,25). The van der Waals surface area contributed by atoms with Crippen LogP contribution in [0.15, 0.2) is 40.2 Å². The van der Waals surface area contributed by atoms with E-state index in [1.165, 1.54) is 23.5 Å². The third-order valence-corrected chi connectivity index (χ3v) is 5.68. The Hall–Kier alpha value is -2.58. The number of thiophene rings is 1. The summed E-state index contributed by atoms with van der Waals surface area (Å²) in [6, 6.07) is 7.86. The molecule has 4 rings (SSSR count). The van der Waals surface area contributed by atoms with Crippen LogP contribution in [0.2, 0.25) is 0 Å². The summed E-state index contributed by atoms with van der Waals surface area (Å²) in [5, 5.41) is 15.1. The summed E-state index contributed by atoms with van der Waals surface area (Å²) >= 11 is 1.25. The highest BCUT2D eigenvalue weighted by molar-refractivity contribution is 7.12. The minimum Gasteiger partial charge on any atom is -0.477 e. The van der Waals surface area contributed by atoms with E-state index in [9.17, 15) is 14.3 Å². The Morgan fingerprint density at radius 1 is 1.33 bits per heavy atom. The molecule has 0 aliphatic carbocycles. The molecule has 0 spiro atoms. The molecule has 1 N–H and O–H groups in total. The average molecular weight is 387 g/mol. The predicted octanol–water partition coefficient (Wildman–Crippen LogP) is 4.02. The van der Waals surface area contributed by atoms with Gasteiger partial charge in [0.15, 0.2) is 0 Å². The molecule has 0 bridgehead atoms. The highest BCUT2D eigenvalue weighted by Gasteiger charge is 2.27. The van der Waals surface area contributed by atoms with Crippen molar-refractivity contribution in [3.8, 4) is 11.4 Å². The smallest absolute Gasteiger partial charge is 0.346 e. The molecular formula is C19H18FN3O3S. The Bertz CT molecular complexity index is 938. The van der Waals surface area contributed by atoms with Gasteiger partial charge in [0, 0.05) is 18.7 Å². The highest BCUT2D eigenvalue weighted by atomic mass is 32.1. The van der Waals surface area contributed by atoms with Gasteiger partial charge in [-0.3, -0.25) is 4.90 Å². The maximum atomic E-state index is 13.1. The van der Waals surface area contributed by atoms with Gasteiger partial charge in [-0.1, -0.05) is 5.16 Å². The van der Waals surface area contributed by atoms with Gasteiger partial charge in [0.2, 0.25) is 11.7 Å². The van der Waals surface area contributed by atoms with Gasteiger partial charge in [0.25, 0.3) is 0 Å². The third-order valence-electron chi connectivity index (χ3n) is 4.73. The lowest BCUT2D eigenvalue weighted by Gasteiger charge is -2.30. The summed E-state index contributed by atoms with van der Waals surface area (Å²) in [6.45, 7) is 2.24. The van der Waals surface area contributed by atoms with Gasteiger partial charge in [-0.25, -0.2) is 9.18 Å². The fourth-order valence-electron chi connectivity index (χ4n) is 3.41. The molecule has 1 aliphatic heterocycles. The molecular weight excluding hydrogens is 369 g/mol. The number of piperidine rings is 1. The number of likely N-dealkylation sites (tertiary alicyclic amines) is 1. The number of halogens is 1. The Morgan fingerprint density at radius 3 is 2.93 bits per heavy atom. The van der Waals surface area contributed by atoms with Gasteiger partial charge < -0.3 is 9.63 Å². The molecule has 1 saturated heterocycles. The Labute approximate surface area is 159 Å². The van der Waals surface area contributed by atoms with Crippen LogP contribution in [0.25, 0.3) is 11.4 Å². The first kappa shape index (κ1) is 17.8. The number of carboxylic acids is 1. The fourth-order valence-corrected chi connectivity index (χ4v) is 4.16. The molecule has 0 amide bonds. The minimum atomic E-state index is -0.880. The van der Waals surface area contributed by atoms with E-state index in [2.05, 4.69) is 15.0 Å². The van der Waals surface area contributed by atoms with Gasteiger partial charge in [-0.15, -0.1) is 11.3 Å². The predicted molar refractivity (Wildman–Crippen MR) is 98.2 cm³/mol. The highest BCUT2D eigenvalue weighted by Crippen LogP contribution is 2.29. The zero-order valence-electron chi connectivity index (χ0n) is 14.5. The molecule has 8 heteroatoms. The van der Waals surface area contributed by atoms with Crippen LogP contribution in [0.1, 0.15) is 39.9 Å². The van der Waals surface area contributed by atoms with Gasteiger partial charge >= 0.3 is 5.97 Å². The second-order valence-corrected chi connectivity index (χ2v) is 7.53. The SMILES string of the molecule is O=C(O)c1sccc1CN1CCCC(c2nc(-c3ccc(F)cc3)no2)C1. The van der Waals surface area contributed by atoms with Crippen molar-refractivity contribution in [1.29, 1.82) is 0 Å². The minimum absolute atomic E-state index is 0.104. The molecule has 1 aliphatic rings. The van der Waals surface area contributed by atoms with Crippen molar-refractivity contribution in [2.75, 3.05) is 13.1 Å². The largest absolute Gasteiger partial charge is 0.477 e. The van der Waals surface area contributed by atoms with Crippen molar-refractivity contribution >= 4 is 17.3 Å². The number of carbonyl (C=O) groups is 1. The molecule has 140 valence electrons. The van der Waals surface area contributed by atoms with Crippen molar-refractivity contribution in [1.82, 2.24) is 15.0 Å². The monoisotopic (exact) mass is 387 g/mol. The first-order valence-electron chi connectivity index (χ1n) is 8.71. The first-order chi connectivity index (χ1) is 13.1. The van der Waals surface area contributed by atoms with E-state index in [1.807, 2.05) is 11.4 Å². The van der Waals surface area contributed by atoms with Crippen LogP contribution in [-0.2, 0) is 6.54 Å². The van der Waals surface area contributed by atoms with Crippen LogP contribution in [0.3, 0.4) is 0 Å². The second-order valence-electron chi connectivity index (χ2n) is 6.62. The van der Waals surface area contributed by atoms with E-state index in [-0.39, 0.29) is 11.7 Å². The maximum absolute atomic E-state index is 13.1. The Kier molecular flexibility index (Phi) is 5.00. The quantitative estimate of drug-likeness (QED) is 0.712. The van der Waals surface area contributed by atoms with Gasteiger partial charge in [0.05, 0.1) is 5.92 Å².